The van der Waals surface area contributed by atoms with Crippen LogP contribution in [0.15, 0.2) is 6.08 Å². The van der Waals surface area contributed by atoms with Crippen molar-refractivity contribution in [2.45, 2.75) is 59.2 Å². The summed E-state index contributed by atoms with van der Waals surface area (Å²) in [6.07, 6.45) is 2.87. The normalized spacial score (nSPS) is 20.7. The highest BCUT2D eigenvalue weighted by molar-refractivity contribution is 6.03. The zero-order chi connectivity index (χ0) is 19.1. The highest BCUT2D eigenvalue weighted by Gasteiger charge is 2.37. The smallest absolute Gasteiger partial charge is 0.183 e. The van der Waals surface area contributed by atoms with E-state index in [4.69, 9.17) is 14.5 Å². The monoisotopic (exact) mass is 359 g/mol. The molecule has 5 heteroatoms. The Balaban J connectivity index is 2.35. The van der Waals surface area contributed by atoms with Gasteiger partial charge in [0, 0.05) is 30.2 Å². The van der Waals surface area contributed by atoms with Crippen molar-refractivity contribution in [1.29, 1.82) is 0 Å². The van der Waals surface area contributed by atoms with E-state index in [2.05, 4.69) is 27.7 Å². The number of rotatable bonds is 4. The van der Waals surface area contributed by atoms with Gasteiger partial charge in [-0.1, -0.05) is 33.8 Å². The van der Waals surface area contributed by atoms with Crippen LogP contribution < -0.4 is 0 Å². The Morgan fingerprint density at radius 3 is 2.58 bits per heavy atom. The van der Waals surface area contributed by atoms with Crippen molar-refractivity contribution >= 4 is 11.4 Å². The summed E-state index contributed by atoms with van der Waals surface area (Å²) >= 11 is 0. The first-order chi connectivity index (χ1) is 12.2. The number of carbonyl (C=O) groups excluding carboxylic acids is 1. The van der Waals surface area contributed by atoms with E-state index < -0.39 is 6.29 Å². The fourth-order valence-corrected chi connectivity index (χ4v) is 4.03. The Bertz CT molecular complexity index is 749. The van der Waals surface area contributed by atoms with Crippen LogP contribution in [0.1, 0.15) is 85.6 Å². The van der Waals surface area contributed by atoms with E-state index in [0.29, 0.717) is 37.2 Å². The summed E-state index contributed by atoms with van der Waals surface area (Å²) in [6.45, 7) is 9.45. The SMILES string of the molecule is COC(O)c1c(C(C)C)nc2c(c1C1=CCOCC1)C(=O)CC(C)(C)C2. The predicted octanol–water partition coefficient (Wildman–Crippen LogP) is 3.80. The highest BCUT2D eigenvalue weighted by Crippen LogP contribution is 2.43. The Morgan fingerprint density at radius 1 is 1.27 bits per heavy atom. The van der Waals surface area contributed by atoms with Gasteiger partial charge in [-0.05, 0) is 29.7 Å². The second kappa shape index (κ2) is 7.22. The number of aliphatic hydroxyl groups is 1. The number of aromatic nitrogens is 1. The molecule has 0 bridgehead atoms. The van der Waals surface area contributed by atoms with E-state index in [9.17, 15) is 9.90 Å². The summed E-state index contributed by atoms with van der Waals surface area (Å²) in [7, 11) is 1.47. The van der Waals surface area contributed by atoms with Crippen molar-refractivity contribution in [2.24, 2.45) is 5.41 Å². The number of ether oxygens (including phenoxy) is 2. The molecule has 0 radical (unpaired) electrons. The van der Waals surface area contributed by atoms with Crippen LogP contribution in [0.5, 0.6) is 0 Å². The van der Waals surface area contributed by atoms with Gasteiger partial charge in [0.05, 0.1) is 24.6 Å². The van der Waals surface area contributed by atoms with Crippen molar-refractivity contribution in [3.8, 4) is 0 Å². The molecule has 2 heterocycles. The second-order valence-electron chi connectivity index (χ2n) is 8.35. The van der Waals surface area contributed by atoms with Crippen molar-refractivity contribution in [3.05, 3.63) is 34.2 Å². The fraction of sp³-hybridized carbons (Fsp3) is 0.619. The standard InChI is InChI=1S/C21H29NO4/c1-12(2)19-18(20(24)25-5)16(13-6-8-26-9-7-13)17-14(22-19)10-21(3,4)11-15(17)23/h6,12,20,24H,7-11H2,1-5H3. The van der Waals surface area contributed by atoms with Gasteiger partial charge in [0.15, 0.2) is 12.1 Å². The number of carbonyl (C=O) groups is 1. The Kier molecular flexibility index (Phi) is 5.33. The van der Waals surface area contributed by atoms with Crippen LogP contribution in [0.4, 0.5) is 0 Å². The van der Waals surface area contributed by atoms with Crippen molar-refractivity contribution in [2.75, 3.05) is 20.3 Å². The lowest BCUT2D eigenvalue weighted by Gasteiger charge is -2.34. The Hall–Kier alpha value is -1.56. The third-order valence-electron chi connectivity index (χ3n) is 5.20. The van der Waals surface area contributed by atoms with Gasteiger partial charge in [0.2, 0.25) is 0 Å². The maximum absolute atomic E-state index is 13.1. The Labute approximate surface area is 155 Å². The molecule has 3 rings (SSSR count). The molecular weight excluding hydrogens is 330 g/mol. The van der Waals surface area contributed by atoms with Crippen LogP contribution in [0.3, 0.4) is 0 Å². The summed E-state index contributed by atoms with van der Waals surface area (Å²) in [6, 6.07) is 0. The lowest BCUT2D eigenvalue weighted by Crippen LogP contribution is -2.31. The topological polar surface area (TPSA) is 68.7 Å². The Morgan fingerprint density at radius 2 is 2.00 bits per heavy atom. The van der Waals surface area contributed by atoms with Crippen LogP contribution in [0.25, 0.3) is 5.57 Å². The average Bonchev–Trinajstić information content (AvgIpc) is 2.59. The van der Waals surface area contributed by atoms with Crippen LogP contribution in [-0.4, -0.2) is 36.2 Å². The van der Waals surface area contributed by atoms with E-state index in [1.165, 1.54) is 7.11 Å². The lowest BCUT2D eigenvalue weighted by atomic mass is 9.72. The van der Waals surface area contributed by atoms with Gasteiger partial charge < -0.3 is 14.6 Å². The van der Waals surface area contributed by atoms with Crippen LogP contribution in [0.2, 0.25) is 0 Å². The fourth-order valence-electron chi connectivity index (χ4n) is 4.03. The van der Waals surface area contributed by atoms with Gasteiger partial charge in [0.1, 0.15) is 0 Å². The first-order valence-electron chi connectivity index (χ1n) is 9.33. The van der Waals surface area contributed by atoms with Gasteiger partial charge in [-0.15, -0.1) is 0 Å². The van der Waals surface area contributed by atoms with Gasteiger partial charge in [0.25, 0.3) is 0 Å². The number of aliphatic hydroxyl groups excluding tert-OH is 1. The molecule has 0 saturated carbocycles. The number of hydrogen-bond donors (Lipinski definition) is 1. The van der Waals surface area contributed by atoms with Crippen molar-refractivity contribution < 1.29 is 19.4 Å². The van der Waals surface area contributed by atoms with Crippen LogP contribution >= 0.6 is 0 Å². The maximum atomic E-state index is 13.1. The van der Waals surface area contributed by atoms with E-state index in [0.717, 1.165) is 28.9 Å². The van der Waals surface area contributed by atoms with Gasteiger partial charge in [-0.2, -0.15) is 0 Å². The molecule has 1 aliphatic carbocycles. The molecule has 26 heavy (non-hydrogen) atoms. The zero-order valence-corrected chi connectivity index (χ0v) is 16.4. The third kappa shape index (κ3) is 3.48. The van der Waals surface area contributed by atoms with Crippen LogP contribution in [-0.2, 0) is 15.9 Å². The molecule has 5 nitrogen and oxygen atoms in total. The largest absolute Gasteiger partial charge is 0.377 e. The molecule has 1 aromatic heterocycles. The molecule has 1 unspecified atom stereocenters. The molecule has 0 fully saturated rings. The maximum Gasteiger partial charge on any atom is 0.183 e. The van der Waals surface area contributed by atoms with E-state index >= 15 is 0 Å². The van der Waals surface area contributed by atoms with Gasteiger partial charge in [-0.3, -0.25) is 9.78 Å². The van der Waals surface area contributed by atoms with Gasteiger partial charge in [-0.25, -0.2) is 0 Å². The average molecular weight is 359 g/mol. The van der Waals surface area contributed by atoms with Crippen molar-refractivity contribution in [3.63, 3.8) is 0 Å². The number of hydrogen-bond acceptors (Lipinski definition) is 5. The molecule has 0 saturated heterocycles. The van der Waals surface area contributed by atoms with Crippen LogP contribution in [0, 0.1) is 5.41 Å². The first-order valence-corrected chi connectivity index (χ1v) is 9.33. The molecule has 2 aliphatic rings. The summed E-state index contributed by atoms with van der Waals surface area (Å²) in [5, 5.41) is 10.6. The van der Waals surface area contributed by atoms with Crippen molar-refractivity contribution in [1.82, 2.24) is 4.98 Å². The van der Waals surface area contributed by atoms with E-state index in [-0.39, 0.29) is 17.1 Å². The number of nitrogens with zero attached hydrogens (tertiary/aromatic N) is 1. The third-order valence-corrected chi connectivity index (χ3v) is 5.20. The minimum atomic E-state index is -1.10. The van der Waals surface area contributed by atoms with Gasteiger partial charge >= 0.3 is 0 Å². The summed E-state index contributed by atoms with van der Waals surface area (Å²) in [5.41, 5.74) is 4.76. The first kappa shape index (κ1) is 19.2. The summed E-state index contributed by atoms with van der Waals surface area (Å²) in [4.78, 5) is 18.0. The quantitative estimate of drug-likeness (QED) is 0.828. The molecule has 0 spiro atoms. The number of methoxy groups -OCH3 is 1. The molecule has 1 N–H and O–H groups in total. The second-order valence-corrected chi connectivity index (χ2v) is 8.35. The zero-order valence-electron chi connectivity index (χ0n) is 16.4. The number of fused-ring (bicyclic) bond motifs is 1. The lowest BCUT2D eigenvalue weighted by molar-refractivity contribution is -0.0781. The number of Topliss-reactive ketones (excluding diaryl/α,β-unsaturated/α-hetero) is 1. The molecule has 0 aromatic carbocycles. The molecule has 1 aromatic rings. The summed E-state index contributed by atoms with van der Waals surface area (Å²) in [5.74, 6) is 0.213. The summed E-state index contributed by atoms with van der Waals surface area (Å²) < 4.78 is 10.7. The van der Waals surface area contributed by atoms with E-state index in [1.807, 2.05) is 6.08 Å². The molecule has 1 atom stereocenters. The minimum absolute atomic E-state index is 0.103. The van der Waals surface area contributed by atoms with E-state index in [1.54, 1.807) is 0 Å². The molecule has 1 aliphatic heterocycles. The minimum Gasteiger partial charge on any atom is -0.377 e. The molecule has 142 valence electrons. The number of ketones is 1. The molecular formula is C21H29NO4. The predicted molar refractivity (Wildman–Crippen MR) is 100 cm³/mol. The number of pyridine rings is 1. The highest BCUT2D eigenvalue weighted by atomic mass is 16.6. The molecule has 0 amide bonds.